The molecule has 0 aliphatic rings. The van der Waals surface area contributed by atoms with Crippen LogP contribution in [0.5, 0.6) is 0 Å². The predicted molar refractivity (Wildman–Crippen MR) is 91.1 cm³/mol. The molecule has 1 N–H and O–H groups in total. The molecule has 2 aromatic rings. The van der Waals surface area contributed by atoms with Crippen molar-refractivity contribution in [3.8, 4) is 0 Å². The molecule has 9 heteroatoms. The third kappa shape index (κ3) is 4.24. The van der Waals surface area contributed by atoms with Crippen LogP contribution in [-0.4, -0.2) is 42.9 Å². The zero-order chi connectivity index (χ0) is 18.8. The van der Waals surface area contributed by atoms with Crippen LogP contribution >= 0.6 is 0 Å². The van der Waals surface area contributed by atoms with E-state index in [1.807, 2.05) is 0 Å². The molecule has 0 aliphatic carbocycles. The van der Waals surface area contributed by atoms with Gasteiger partial charge in [-0.25, -0.2) is 13.2 Å². The molecule has 0 spiro atoms. The number of esters is 1. The van der Waals surface area contributed by atoms with Crippen molar-refractivity contribution in [3.63, 3.8) is 0 Å². The van der Waals surface area contributed by atoms with Gasteiger partial charge in [0.05, 0.1) is 16.3 Å². The van der Waals surface area contributed by atoms with Crippen molar-refractivity contribution in [2.24, 2.45) is 7.05 Å². The highest BCUT2D eigenvalue weighted by Gasteiger charge is 2.20. The third-order valence-corrected chi connectivity index (χ3v) is 4.76. The van der Waals surface area contributed by atoms with Crippen LogP contribution in [0.25, 0.3) is 0 Å². The summed E-state index contributed by atoms with van der Waals surface area (Å²) in [4.78, 5) is 24.1. The van der Waals surface area contributed by atoms with Crippen LogP contribution in [0.2, 0.25) is 0 Å². The first-order chi connectivity index (χ1) is 11.6. The highest BCUT2D eigenvalue weighted by Crippen LogP contribution is 2.20. The number of anilines is 1. The summed E-state index contributed by atoms with van der Waals surface area (Å²) in [7, 11) is -1.79. The Morgan fingerprint density at radius 1 is 1.24 bits per heavy atom. The Morgan fingerprint density at radius 2 is 1.88 bits per heavy atom. The number of benzene rings is 1. The van der Waals surface area contributed by atoms with E-state index in [-0.39, 0.29) is 10.6 Å². The van der Waals surface area contributed by atoms with Gasteiger partial charge in [0.15, 0.2) is 16.4 Å². The summed E-state index contributed by atoms with van der Waals surface area (Å²) in [6, 6.07) is 6.00. The van der Waals surface area contributed by atoms with E-state index in [9.17, 15) is 18.0 Å². The lowest BCUT2D eigenvalue weighted by molar-refractivity contribution is -0.119. The molecule has 8 nitrogen and oxygen atoms in total. The molecule has 134 valence electrons. The van der Waals surface area contributed by atoms with Crippen molar-refractivity contribution in [2.75, 3.05) is 18.2 Å². The van der Waals surface area contributed by atoms with Gasteiger partial charge >= 0.3 is 5.97 Å². The first-order valence-corrected chi connectivity index (χ1v) is 9.26. The van der Waals surface area contributed by atoms with Crippen molar-refractivity contribution in [1.29, 1.82) is 0 Å². The first-order valence-electron chi connectivity index (χ1n) is 7.37. The maximum atomic E-state index is 12.1. The van der Waals surface area contributed by atoms with E-state index in [2.05, 4.69) is 10.4 Å². The number of aryl methyl sites for hydroxylation is 2. The number of ether oxygens (including phenoxy) is 1. The number of amides is 1. The maximum Gasteiger partial charge on any atom is 0.342 e. The lowest BCUT2D eigenvalue weighted by atomic mass is 10.2. The Kier molecular flexibility index (Phi) is 5.27. The second kappa shape index (κ2) is 7.06. The number of nitrogens with one attached hydrogen (secondary N) is 1. The highest BCUT2D eigenvalue weighted by atomic mass is 32.2. The molecule has 1 aromatic heterocycles. The second-order valence-electron chi connectivity index (χ2n) is 5.56. The summed E-state index contributed by atoms with van der Waals surface area (Å²) in [6.45, 7) is 2.86. The minimum atomic E-state index is -3.50. The first kappa shape index (κ1) is 18.7. The summed E-state index contributed by atoms with van der Waals surface area (Å²) in [5.74, 6) is -1.29. The van der Waals surface area contributed by atoms with E-state index >= 15 is 0 Å². The van der Waals surface area contributed by atoms with Crippen molar-refractivity contribution in [2.45, 2.75) is 18.7 Å². The van der Waals surface area contributed by atoms with Gasteiger partial charge in [0, 0.05) is 19.0 Å². The van der Waals surface area contributed by atoms with Gasteiger partial charge in [0.25, 0.3) is 5.91 Å². The molecule has 25 heavy (non-hydrogen) atoms. The fourth-order valence-corrected chi connectivity index (χ4v) is 3.20. The number of sulfone groups is 1. The van der Waals surface area contributed by atoms with Gasteiger partial charge in [-0.3, -0.25) is 9.48 Å². The van der Waals surface area contributed by atoms with Gasteiger partial charge in [0.1, 0.15) is 5.56 Å². The number of aromatic nitrogens is 2. The molecule has 0 saturated carbocycles. The van der Waals surface area contributed by atoms with Crippen LogP contribution in [0.15, 0.2) is 29.2 Å². The van der Waals surface area contributed by atoms with Crippen molar-refractivity contribution < 1.29 is 22.7 Å². The lowest BCUT2D eigenvalue weighted by Gasteiger charge is -2.10. The SMILES string of the molecule is Cc1nn(C)c(C)c1C(=O)OCC(=O)Nc1ccccc1S(C)(=O)=O. The number of rotatable bonds is 5. The van der Waals surface area contributed by atoms with Gasteiger partial charge in [0.2, 0.25) is 0 Å². The molecule has 0 bridgehead atoms. The zero-order valence-electron chi connectivity index (χ0n) is 14.4. The number of carbonyl (C=O) groups is 2. The number of hydrogen-bond acceptors (Lipinski definition) is 6. The number of nitrogens with zero attached hydrogens (tertiary/aromatic N) is 2. The molecule has 2 rings (SSSR count). The van der Waals surface area contributed by atoms with Crippen molar-refractivity contribution in [3.05, 3.63) is 41.2 Å². The van der Waals surface area contributed by atoms with E-state index in [1.54, 1.807) is 37.7 Å². The molecular weight excluding hydrogens is 346 g/mol. The average Bonchev–Trinajstić information content (AvgIpc) is 2.77. The molecule has 1 aromatic carbocycles. The molecule has 0 atom stereocenters. The molecule has 1 amide bonds. The highest BCUT2D eigenvalue weighted by molar-refractivity contribution is 7.90. The Morgan fingerprint density at radius 3 is 2.44 bits per heavy atom. The van der Waals surface area contributed by atoms with E-state index in [0.29, 0.717) is 17.0 Å². The monoisotopic (exact) mass is 365 g/mol. The Labute approximate surface area is 145 Å². The molecule has 0 fully saturated rings. The molecule has 0 unspecified atom stereocenters. The Balaban J connectivity index is 2.06. The fraction of sp³-hybridized carbons (Fsp3) is 0.312. The van der Waals surface area contributed by atoms with Gasteiger partial charge in [-0.1, -0.05) is 12.1 Å². The molecule has 0 saturated heterocycles. The second-order valence-corrected chi connectivity index (χ2v) is 7.55. The fourth-order valence-electron chi connectivity index (χ4n) is 2.35. The third-order valence-electron chi connectivity index (χ3n) is 3.61. The molecule has 0 radical (unpaired) electrons. The zero-order valence-corrected chi connectivity index (χ0v) is 15.2. The van der Waals surface area contributed by atoms with Crippen LogP contribution < -0.4 is 5.32 Å². The quantitative estimate of drug-likeness (QED) is 0.799. The number of carbonyl (C=O) groups excluding carboxylic acids is 2. The van der Waals surface area contributed by atoms with Crippen molar-refractivity contribution >= 4 is 27.4 Å². The smallest absolute Gasteiger partial charge is 0.342 e. The van der Waals surface area contributed by atoms with Crippen molar-refractivity contribution in [1.82, 2.24) is 9.78 Å². The normalized spacial score (nSPS) is 11.2. The molecule has 1 heterocycles. The standard InChI is InChI=1S/C16H19N3O5S/c1-10-15(11(2)19(3)18-10)16(21)24-9-14(20)17-12-7-5-6-8-13(12)25(4,22)23/h5-8H,9H2,1-4H3,(H,17,20). The van der Waals surface area contributed by atoms with Crippen LogP contribution in [0.3, 0.4) is 0 Å². The molecule has 0 aliphatic heterocycles. The van der Waals surface area contributed by atoms with E-state index < -0.39 is 28.3 Å². The summed E-state index contributed by atoms with van der Waals surface area (Å²) < 4.78 is 30.0. The molecular formula is C16H19N3O5S. The van der Waals surface area contributed by atoms with Crippen LogP contribution in [0.1, 0.15) is 21.7 Å². The Bertz CT molecular complexity index is 931. The lowest BCUT2D eigenvalue weighted by Crippen LogP contribution is -2.22. The van der Waals surface area contributed by atoms with E-state index in [0.717, 1.165) is 6.26 Å². The van der Waals surface area contributed by atoms with Crippen LogP contribution in [0.4, 0.5) is 5.69 Å². The van der Waals surface area contributed by atoms with Crippen LogP contribution in [-0.2, 0) is 26.4 Å². The number of hydrogen-bond donors (Lipinski definition) is 1. The predicted octanol–water partition coefficient (Wildman–Crippen LogP) is 1.24. The largest absolute Gasteiger partial charge is 0.452 e. The minimum Gasteiger partial charge on any atom is -0.452 e. The summed E-state index contributed by atoms with van der Waals surface area (Å²) >= 11 is 0. The summed E-state index contributed by atoms with van der Waals surface area (Å²) in [6.07, 6.45) is 1.05. The summed E-state index contributed by atoms with van der Waals surface area (Å²) in [5.41, 5.74) is 1.59. The minimum absolute atomic E-state index is 0.00590. The van der Waals surface area contributed by atoms with Gasteiger partial charge < -0.3 is 10.1 Å². The maximum absolute atomic E-state index is 12.1. The number of para-hydroxylation sites is 1. The Hall–Kier alpha value is -2.68. The van der Waals surface area contributed by atoms with E-state index in [1.165, 1.54) is 12.1 Å². The van der Waals surface area contributed by atoms with Gasteiger partial charge in [-0.05, 0) is 26.0 Å². The average molecular weight is 365 g/mol. The van der Waals surface area contributed by atoms with Gasteiger partial charge in [-0.15, -0.1) is 0 Å². The topological polar surface area (TPSA) is 107 Å². The summed E-state index contributed by atoms with van der Waals surface area (Å²) in [5, 5.41) is 6.56. The van der Waals surface area contributed by atoms with E-state index in [4.69, 9.17) is 4.74 Å². The van der Waals surface area contributed by atoms with Gasteiger partial charge in [-0.2, -0.15) is 5.10 Å². The van der Waals surface area contributed by atoms with Crippen LogP contribution in [0, 0.1) is 13.8 Å².